The number of hydrogen-bond acceptors (Lipinski definition) is 2. The number of nitrogens with two attached hydrogens (primary N) is 2. The molecule has 0 aromatic heterocycles. The topological polar surface area (TPSA) is 64.4 Å². The van der Waals surface area contributed by atoms with Gasteiger partial charge in [-0.1, -0.05) is 212 Å². The van der Waals surface area contributed by atoms with Crippen molar-refractivity contribution in [2.45, 2.75) is 18.4 Å². The number of rotatable bonds is 6. The largest absolute Gasteiger partial charge is 0.383 e. The van der Waals surface area contributed by atoms with Crippen LogP contribution in [-0.2, 0) is 5.41 Å². The number of aliphatic imine (C=N–C) groups is 1. The summed E-state index contributed by atoms with van der Waals surface area (Å²) in [6.07, 6.45) is 26.9. The quantitative estimate of drug-likeness (QED) is 0.131. The van der Waals surface area contributed by atoms with Crippen LogP contribution in [0.3, 0.4) is 0 Å². The van der Waals surface area contributed by atoms with E-state index in [1.54, 1.807) is 0 Å². The smallest absolute Gasteiger partial charge is 0.127 e. The zero-order chi connectivity index (χ0) is 39.9. The van der Waals surface area contributed by atoms with Crippen LogP contribution in [0.1, 0.15) is 51.9 Å². The van der Waals surface area contributed by atoms with Gasteiger partial charge < -0.3 is 11.5 Å². The molecule has 6 aromatic rings. The molecule has 0 bridgehead atoms. The van der Waals surface area contributed by atoms with E-state index < -0.39 is 5.41 Å². The maximum Gasteiger partial charge on any atom is 0.127 e. The summed E-state index contributed by atoms with van der Waals surface area (Å²) in [5.74, 6) is 0.491. The minimum absolute atomic E-state index is 0.317. The number of amidine groups is 1. The average Bonchev–Trinajstić information content (AvgIpc) is 3.74. The van der Waals surface area contributed by atoms with Gasteiger partial charge in [-0.05, 0) is 92.4 Å². The summed E-state index contributed by atoms with van der Waals surface area (Å²) in [5.41, 5.74) is 28.1. The summed E-state index contributed by atoms with van der Waals surface area (Å²) < 4.78 is 0. The summed E-state index contributed by atoms with van der Waals surface area (Å²) in [7, 11) is 1.50. The maximum absolute atomic E-state index is 7.12. The van der Waals surface area contributed by atoms with Crippen LogP contribution < -0.4 is 11.5 Å². The Kier molecular flexibility index (Phi) is 11.1. The Hall–Kier alpha value is -7.07. The van der Waals surface area contributed by atoms with Gasteiger partial charge in [-0.25, -0.2) is 0 Å². The van der Waals surface area contributed by atoms with E-state index in [-0.39, 0.29) is 6.04 Å². The van der Waals surface area contributed by atoms with Crippen LogP contribution in [0.15, 0.2) is 223 Å². The van der Waals surface area contributed by atoms with Gasteiger partial charge in [-0.15, -0.1) is 0 Å². The fourth-order valence-electron chi connectivity index (χ4n) is 8.87. The van der Waals surface area contributed by atoms with Gasteiger partial charge >= 0.3 is 0 Å². The maximum atomic E-state index is 7.12. The monoisotopic (exact) mass is 749 g/mol. The molecule has 3 heteroatoms. The highest BCUT2D eigenvalue weighted by molar-refractivity contribution is 6.05. The first kappa shape index (κ1) is 37.8. The van der Waals surface area contributed by atoms with Crippen LogP contribution in [0.25, 0.3) is 39.5 Å². The molecule has 0 saturated heterocycles. The SMILES string of the molecule is C/C=C\c1cccc2c1-c1ccccc1C21c2ccccc2-c2cc(-c3ccccc3C(N)=NC(C3=C/C=C\C=C/C=C/C=C/C=C\3)c3ccccc3)ccc21.CN. The normalized spacial score (nSPS) is 20.4. The number of fused-ring (bicyclic) bond motifs is 10. The van der Waals surface area contributed by atoms with E-state index in [0.717, 1.165) is 27.8 Å². The lowest BCUT2D eigenvalue weighted by atomic mass is 9.70. The molecule has 2 atom stereocenters. The molecule has 282 valence electrons. The van der Waals surface area contributed by atoms with Crippen molar-refractivity contribution in [2.24, 2.45) is 16.5 Å². The van der Waals surface area contributed by atoms with Crippen LogP contribution in [0.4, 0.5) is 0 Å². The number of hydrogen-bond donors (Lipinski definition) is 2. The van der Waals surface area contributed by atoms with Gasteiger partial charge in [0.1, 0.15) is 11.9 Å². The molecule has 0 fully saturated rings. The fourth-order valence-corrected chi connectivity index (χ4v) is 8.87. The van der Waals surface area contributed by atoms with Crippen molar-refractivity contribution >= 4 is 11.9 Å². The van der Waals surface area contributed by atoms with E-state index in [1.165, 1.54) is 57.1 Å². The lowest BCUT2D eigenvalue weighted by molar-refractivity contribution is 0.794. The van der Waals surface area contributed by atoms with Gasteiger partial charge in [0, 0.05) is 5.56 Å². The molecule has 3 aliphatic carbocycles. The first-order chi connectivity index (χ1) is 28.7. The van der Waals surface area contributed by atoms with Crippen molar-refractivity contribution in [1.82, 2.24) is 0 Å². The molecule has 3 nitrogen and oxygen atoms in total. The summed E-state index contributed by atoms with van der Waals surface area (Å²) in [6, 6.07) is 50.2. The first-order valence-corrected chi connectivity index (χ1v) is 19.9. The van der Waals surface area contributed by atoms with E-state index in [9.17, 15) is 0 Å². The first-order valence-electron chi connectivity index (χ1n) is 19.9. The highest BCUT2D eigenvalue weighted by atomic mass is 14.9. The predicted octanol–water partition coefficient (Wildman–Crippen LogP) is 12.5. The molecule has 58 heavy (non-hydrogen) atoms. The third kappa shape index (κ3) is 6.66. The Morgan fingerprint density at radius 3 is 1.88 bits per heavy atom. The second-order valence-electron chi connectivity index (χ2n) is 14.3. The van der Waals surface area contributed by atoms with E-state index in [2.05, 4.69) is 177 Å². The van der Waals surface area contributed by atoms with Crippen molar-refractivity contribution < 1.29 is 0 Å². The minimum atomic E-state index is -0.415. The van der Waals surface area contributed by atoms with Crippen LogP contribution in [0.2, 0.25) is 0 Å². The van der Waals surface area contributed by atoms with Crippen molar-refractivity contribution in [3.05, 3.63) is 257 Å². The molecular formula is C55H47N3. The fraction of sp³-hybridized carbons (Fsp3) is 0.0727. The second-order valence-corrected chi connectivity index (χ2v) is 14.3. The van der Waals surface area contributed by atoms with Crippen molar-refractivity contribution in [3.63, 3.8) is 0 Å². The molecule has 0 radical (unpaired) electrons. The average molecular weight is 750 g/mol. The minimum Gasteiger partial charge on any atom is -0.383 e. The standard InChI is InChI=1S/C54H42N2.CH5N/c1-2-22-38-27-21-34-50-51(38)45-31-18-20-33-48(45)54(50)47-32-19-17-29-43(47)46-37-41(35-36-49(46)54)42-28-15-16-30-44(42)53(55)56-52(40-25-13-10-14-26-40)39-23-11-8-6-4-3-5-7-9-12-24-39;1-2/h2-37,52H,1H3,(H2,55,56);2H2,1H3/b4-3+,5-3?,6-4?,7-5-,8-6+,9-7?,11-8?,12-9-,22-2-,23-11-,24-12?,39-23?,39-24+;. The molecular weight excluding hydrogens is 703 g/mol. The molecule has 0 saturated carbocycles. The highest BCUT2D eigenvalue weighted by Gasteiger charge is 2.51. The van der Waals surface area contributed by atoms with Gasteiger partial charge in [0.15, 0.2) is 0 Å². The van der Waals surface area contributed by atoms with E-state index in [0.29, 0.717) is 5.84 Å². The molecule has 0 amide bonds. The molecule has 0 heterocycles. The van der Waals surface area contributed by atoms with Crippen LogP contribution in [0.5, 0.6) is 0 Å². The lowest BCUT2D eigenvalue weighted by Gasteiger charge is -2.30. The number of nitrogens with zero attached hydrogens (tertiary/aromatic N) is 1. The van der Waals surface area contributed by atoms with E-state index >= 15 is 0 Å². The van der Waals surface area contributed by atoms with Crippen molar-refractivity contribution in [2.75, 3.05) is 7.05 Å². The van der Waals surface area contributed by atoms with Gasteiger partial charge in [0.2, 0.25) is 0 Å². The van der Waals surface area contributed by atoms with Crippen molar-refractivity contribution in [1.29, 1.82) is 0 Å². The number of allylic oxidation sites excluding steroid dienone is 11. The molecule has 0 aliphatic heterocycles. The van der Waals surface area contributed by atoms with Crippen LogP contribution in [-0.4, -0.2) is 12.9 Å². The second kappa shape index (κ2) is 17.0. The Bertz CT molecular complexity index is 2720. The van der Waals surface area contributed by atoms with Gasteiger partial charge in [0.05, 0.1) is 5.41 Å². The molecule has 9 rings (SSSR count). The van der Waals surface area contributed by atoms with E-state index in [4.69, 9.17) is 10.7 Å². The molecule has 4 N–H and O–H groups in total. The molecule has 6 aromatic carbocycles. The molecule has 3 aliphatic rings. The Morgan fingerprint density at radius 2 is 1.14 bits per heavy atom. The van der Waals surface area contributed by atoms with Gasteiger partial charge in [-0.2, -0.15) is 0 Å². The molecule has 1 spiro atoms. The summed E-state index contributed by atoms with van der Waals surface area (Å²) in [6.45, 7) is 2.09. The Labute approximate surface area is 342 Å². The Morgan fingerprint density at radius 1 is 0.552 bits per heavy atom. The summed E-state index contributed by atoms with van der Waals surface area (Å²) in [5, 5.41) is 0. The summed E-state index contributed by atoms with van der Waals surface area (Å²) >= 11 is 0. The third-order valence-corrected chi connectivity index (χ3v) is 11.2. The number of benzene rings is 6. The third-order valence-electron chi connectivity index (χ3n) is 11.2. The Balaban J connectivity index is 0.00000231. The predicted molar refractivity (Wildman–Crippen MR) is 247 cm³/mol. The van der Waals surface area contributed by atoms with Crippen molar-refractivity contribution in [3.8, 4) is 33.4 Å². The highest BCUT2D eigenvalue weighted by Crippen LogP contribution is 2.63. The van der Waals surface area contributed by atoms with Gasteiger partial charge in [-0.3, -0.25) is 4.99 Å². The van der Waals surface area contributed by atoms with Crippen LogP contribution >= 0.6 is 0 Å². The lowest BCUT2D eigenvalue weighted by Crippen LogP contribution is -2.25. The summed E-state index contributed by atoms with van der Waals surface area (Å²) in [4.78, 5) is 5.31. The van der Waals surface area contributed by atoms with Crippen LogP contribution in [0, 0.1) is 0 Å². The zero-order valence-electron chi connectivity index (χ0n) is 33.0. The van der Waals surface area contributed by atoms with E-state index in [1.807, 2.05) is 54.7 Å². The van der Waals surface area contributed by atoms with Gasteiger partial charge in [0.25, 0.3) is 0 Å². The zero-order valence-corrected chi connectivity index (χ0v) is 33.0. The molecule has 2 unspecified atom stereocenters.